The fourth-order valence-electron chi connectivity index (χ4n) is 2.88. The standard InChI is InChI=1S/C15H20N4O/c16-10-7-8-13-12(9-10)14(19-18-13)15(20)17-11-5-3-1-2-4-6-11/h7-9,11H,1-6,16H2,(H,17,20)(H,18,19). The highest BCUT2D eigenvalue weighted by molar-refractivity contribution is 6.05. The van der Waals surface area contributed by atoms with Gasteiger partial charge in [-0.25, -0.2) is 0 Å². The lowest BCUT2D eigenvalue weighted by Gasteiger charge is -2.15. The van der Waals surface area contributed by atoms with Crippen LogP contribution in [0.25, 0.3) is 10.9 Å². The Bertz CT molecular complexity index is 611. The quantitative estimate of drug-likeness (QED) is 0.580. The van der Waals surface area contributed by atoms with Crippen molar-refractivity contribution in [3.05, 3.63) is 23.9 Å². The van der Waals surface area contributed by atoms with Gasteiger partial charge < -0.3 is 11.1 Å². The van der Waals surface area contributed by atoms with E-state index in [1.54, 1.807) is 12.1 Å². The molecule has 1 amide bonds. The number of anilines is 1. The predicted octanol–water partition coefficient (Wildman–Crippen LogP) is 2.60. The van der Waals surface area contributed by atoms with Crippen molar-refractivity contribution in [3.63, 3.8) is 0 Å². The van der Waals surface area contributed by atoms with Gasteiger partial charge in [-0.1, -0.05) is 25.7 Å². The molecule has 4 N–H and O–H groups in total. The molecule has 0 saturated heterocycles. The Kier molecular flexibility index (Phi) is 3.58. The highest BCUT2D eigenvalue weighted by Gasteiger charge is 2.19. The number of benzene rings is 1. The summed E-state index contributed by atoms with van der Waals surface area (Å²) < 4.78 is 0. The molecule has 0 aliphatic heterocycles. The second-order valence-electron chi connectivity index (χ2n) is 5.54. The molecule has 3 rings (SSSR count). The summed E-state index contributed by atoms with van der Waals surface area (Å²) in [5.41, 5.74) is 7.70. The molecule has 1 saturated carbocycles. The molecule has 0 bridgehead atoms. The molecule has 0 radical (unpaired) electrons. The van der Waals surface area contributed by atoms with Crippen LogP contribution in [0.2, 0.25) is 0 Å². The van der Waals surface area contributed by atoms with Crippen molar-refractivity contribution < 1.29 is 4.79 Å². The third kappa shape index (κ3) is 2.61. The van der Waals surface area contributed by atoms with Crippen molar-refractivity contribution in [2.75, 3.05) is 5.73 Å². The normalized spacial score (nSPS) is 17.0. The molecule has 0 spiro atoms. The molecule has 5 heteroatoms. The van der Waals surface area contributed by atoms with Crippen LogP contribution in [0.5, 0.6) is 0 Å². The first kappa shape index (κ1) is 13.0. The molecule has 5 nitrogen and oxygen atoms in total. The van der Waals surface area contributed by atoms with Gasteiger partial charge in [0.05, 0.1) is 5.52 Å². The molecule has 1 heterocycles. The SMILES string of the molecule is Nc1ccc2[nH]nc(C(=O)NC3CCCCCC3)c2c1. The number of nitrogens with two attached hydrogens (primary N) is 1. The molecule has 1 aliphatic carbocycles. The zero-order valence-corrected chi connectivity index (χ0v) is 11.5. The maximum Gasteiger partial charge on any atom is 0.272 e. The molecule has 1 fully saturated rings. The van der Waals surface area contributed by atoms with E-state index in [9.17, 15) is 4.79 Å². The fraction of sp³-hybridized carbons (Fsp3) is 0.467. The third-order valence-corrected chi connectivity index (χ3v) is 3.99. The van der Waals surface area contributed by atoms with E-state index in [4.69, 9.17) is 5.73 Å². The molecule has 106 valence electrons. The molecule has 0 atom stereocenters. The maximum atomic E-state index is 12.4. The number of carbonyl (C=O) groups excluding carboxylic acids is 1. The second kappa shape index (κ2) is 5.53. The van der Waals surface area contributed by atoms with E-state index in [0.29, 0.717) is 11.4 Å². The summed E-state index contributed by atoms with van der Waals surface area (Å²) in [5.74, 6) is -0.103. The monoisotopic (exact) mass is 272 g/mol. The number of aromatic nitrogens is 2. The van der Waals surface area contributed by atoms with E-state index < -0.39 is 0 Å². The first-order chi connectivity index (χ1) is 9.74. The molecule has 2 aromatic rings. The first-order valence-electron chi connectivity index (χ1n) is 7.28. The van der Waals surface area contributed by atoms with Gasteiger partial charge in [-0.2, -0.15) is 5.10 Å². The van der Waals surface area contributed by atoms with E-state index in [1.807, 2.05) is 6.07 Å². The van der Waals surface area contributed by atoms with E-state index in [1.165, 1.54) is 25.7 Å². The van der Waals surface area contributed by atoms with Crippen LogP contribution >= 0.6 is 0 Å². The highest BCUT2D eigenvalue weighted by Crippen LogP contribution is 2.21. The van der Waals surface area contributed by atoms with Gasteiger partial charge in [-0.3, -0.25) is 9.89 Å². The van der Waals surface area contributed by atoms with E-state index in [0.717, 1.165) is 23.7 Å². The van der Waals surface area contributed by atoms with Crippen molar-refractivity contribution in [1.29, 1.82) is 0 Å². The molecule has 20 heavy (non-hydrogen) atoms. The number of rotatable bonds is 2. The minimum absolute atomic E-state index is 0.103. The zero-order valence-electron chi connectivity index (χ0n) is 11.5. The van der Waals surface area contributed by atoms with Crippen LogP contribution in [0.1, 0.15) is 49.0 Å². The second-order valence-corrected chi connectivity index (χ2v) is 5.54. The number of aromatic amines is 1. The van der Waals surface area contributed by atoms with Crippen LogP contribution in [0.15, 0.2) is 18.2 Å². The predicted molar refractivity (Wildman–Crippen MR) is 79.5 cm³/mol. The number of fused-ring (bicyclic) bond motifs is 1. The molecule has 1 aliphatic rings. The summed E-state index contributed by atoms with van der Waals surface area (Å²) in [6.07, 6.45) is 7.06. The molecule has 0 unspecified atom stereocenters. The summed E-state index contributed by atoms with van der Waals surface area (Å²) in [4.78, 5) is 12.4. The van der Waals surface area contributed by atoms with E-state index >= 15 is 0 Å². The van der Waals surface area contributed by atoms with Gasteiger partial charge in [0.15, 0.2) is 5.69 Å². The number of nitrogens with zero attached hydrogens (tertiary/aromatic N) is 1. The van der Waals surface area contributed by atoms with Gasteiger partial charge in [0, 0.05) is 17.1 Å². The van der Waals surface area contributed by atoms with Crippen LogP contribution < -0.4 is 11.1 Å². The average molecular weight is 272 g/mol. The molecule has 1 aromatic carbocycles. The average Bonchev–Trinajstić information content (AvgIpc) is 2.67. The topological polar surface area (TPSA) is 83.8 Å². The van der Waals surface area contributed by atoms with Crippen molar-refractivity contribution in [1.82, 2.24) is 15.5 Å². The van der Waals surface area contributed by atoms with E-state index in [2.05, 4.69) is 15.5 Å². The largest absolute Gasteiger partial charge is 0.399 e. The Morgan fingerprint density at radius 2 is 2.00 bits per heavy atom. The molecular formula is C15H20N4O. The number of hydrogen-bond acceptors (Lipinski definition) is 3. The lowest BCUT2D eigenvalue weighted by molar-refractivity contribution is 0.0930. The number of hydrogen-bond donors (Lipinski definition) is 3. The molecular weight excluding hydrogens is 252 g/mol. The Hall–Kier alpha value is -2.04. The maximum absolute atomic E-state index is 12.4. The van der Waals surface area contributed by atoms with Gasteiger partial charge >= 0.3 is 0 Å². The Labute approximate surface area is 117 Å². The van der Waals surface area contributed by atoms with Crippen LogP contribution in [0, 0.1) is 0 Å². The Morgan fingerprint density at radius 1 is 1.25 bits per heavy atom. The van der Waals surface area contributed by atoms with Crippen molar-refractivity contribution >= 4 is 22.5 Å². The van der Waals surface area contributed by atoms with E-state index in [-0.39, 0.29) is 11.9 Å². The van der Waals surface area contributed by atoms with Gasteiger partial charge in [-0.05, 0) is 31.0 Å². The summed E-state index contributed by atoms with van der Waals surface area (Å²) in [7, 11) is 0. The lowest BCUT2D eigenvalue weighted by Crippen LogP contribution is -2.34. The third-order valence-electron chi connectivity index (χ3n) is 3.99. The number of carbonyl (C=O) groups is 1. The summed E-state index contributed by atoms with van der Waals surface area (Å²) in [5, 5.41) is 10.9. The van der Waals surface area contributed by atoms with Crippen LogP contribution in [0.3, 0.4) is 0 Å². The van der Waals surface area contributed by atoms with Crippen LogP contribution in [-0.4, -0.2) is 22.1 Å². The summed E-state index contributed by atoms with van der Waals surface area (Å²) in [6, 6.07) is 5.71. The van der Waals surface area contributed by atoms with Crippen molar-refractivity contribution in [2.24, 2.45) is 0 Å². The summed E-state index contributed by atoms with van der Waals surface area (Å²) >= 11 is 0. The van der Waals surface area contributed by atoms with Crippen molar-refractivity contribution in [3.8, 4) is 0 Å². The number of nitrogen functional groups attached to an aromatic ring is 1. The van der Waals surface area contributed by atoms with Gasteiger partial charge in [0.25, 0.3) is 5.91 Å². The first-order valence-corrected chi connectivity index (χ1v) is 7.28. The van der Waals surface area contributed by atoms with Gasteiger partial charge in [-0.15, -0.1) is 0 Å². The Morgan fingerprint density at radius 3 is 2.75 bits per heavy atom. The highest BCUT2D eigenvalue weighted by atomic mass is 16.2. The summed E-state index contributed by atoms with van der Waals surface area (Å²) in [6.45, 7) is 0. The minimum Gasteiger partial charge on any atom is -0.399 e. The zero-order chi connectivity index (χ0) is 13.9. The van der Waals surface area contributed by atoms with Crippen molar-refractivity contribution in [2.45, 2.75) is 44.6 Å². The number of H-pyrrole nitrogens is 1. The van der Waals surface area contributed by atoms with Gasteiger partial charge in [0.1, 0.15) is 0 Å². The van der Waals surface area contributed by atoms with Gasteiger partial charge in [0.2, 0.25) is 0 Å². The number of amides is 1. The minimum atomic E-state index is -0.103. The van der Waals surface area contributed by atoms with Crippen LogP contribution in [0.4, 0.5) is 5.69 Å². The number of nitrogens with one attached hydrogen (secondary N) is 2. The van der Waals surface area contributed by atoms with Crippen LogP contribution in [-0.2, 0) is 0 Å². The Balaban J connectivity index is 1.79. The fourth-order valence-corrected chi connectivity index (χ4v) is 2.88. The smallest absolute Gasteiger partial charge is 0.272 e. The molecule has 1 aromatic heterocycles. The lowest BCUT2D eigenvalue weighted by atomic mass is 10.1.